The minimum absolute atomic E-state index is 0.00933. The number of hydrogen-bond donors (Lipinski definition) is 1. The number of β-amino-alcohol motifs (C(OH)–C–C–N with tert-alkyl or cyclic N) is 1. The molecule has 1 fully saturated rings. The van der Waals surface area contributed by atoms with E-state index in [0.717, 1.165) is 44.0 Å². The molecule has 2 atom stereocenters. The van der Waals surface area contributed by atoms with E-state index in [4.69, 9.17) is 0 Å². The third kappa shape index (κ3) is 3.92. The van der Waals surface area contributed by atoms with Gasteiger partial charge in [-0.05, 0) is 37.6 Å². The number of piperidine rings is 1. The number of hydrogen-bond acceptors (Lipinski definition) is 4. The zero-order valence-corrected chi connectivity index (χ0v) is 12.8. The number of aliphatic hydroxyl groups excluding tert-OH is 1. The zero-order valence-electron chi connectivity index (χ0n) is 12.8. The lowest BCUT2D eigenvalue weighted by Crippen LogP contribution is -2.44. The predicted molar refractivity (Wildman–Crippen MR) is 80.6 cm³/mol. The summed E-state index contributed by atoms with van der Waals surface area (Å²) in [6.45, 7) is 1.78. The Balaban J connectivity index is 1.69. The number of aromatic nitrogens is 3. The third-order valence-electron chi connectivity index (χ3n) is 4.34. The van der Waals surface area contributed by atoms with Gasteiger partial charge in [-0.3, -0.25) is 9.58 Å². The summed E-state index contributed by atoms with van der Waals surface area (Å²) in [4.78, 5) is 6.06. The summed E-state index contributed by atoms with van der Waals surface area (Å²) >= 11 is 0. The molecule has 1 aliphatic heterocycles. The largest absolute Gasteiger partial charge is 0.387 e. The highest BCUT2D eigenvalue weighted by Crippen LogP contribution is 2.24. The minimum Gasteiger partial charge on any atom is -0.387 e. The molecule has 0 bridgehead atoms. The maximum atomic E-state index is 13.8. The molecule has 0 spiro atoms. The van der Waals surface area contributed by atoms with Crippen LogP contribution in [0.25, 0.3) is 0 Å². The summed E-state index contributed by atoms with van der Waals surface area (Å²) in [5, 5.41) is 14.5. The minimum atomic E-state index is -1.05. The van der Waals surface area contributed by atoms with Gasteiger partial charge in [0.1, 0.15) is 24.3 Å². The molecule has 0 amide bonds. The van der Waals surface area contributed by atoms with Gasteiger partial charge in [-0.15, -0.1) is 0 Å². The van der Waals surface area contributed by atoms with Gasteiger partial charge in [-0.2, -0.15) is 5.10 Å². The highest BCUT2D eigenvalue weighted by atomic mass is 19.1. The van der Waals surface area contributed by atoms with E-state index in [0.29, 0.717) is 6.54 Å². The molecule has 2 aromatic rings. The first-order chi connectivity index (χ1) is 11.1. The lowest BCUT2D eigenvalue weighted by molar-refractivity contribution is 0.0573. The van der Waals surface area contributed by atoms with Crippen LogP contribution in [0.1, 0.15) is 30.9 Å². The standard InChI is InChI=1S/C16H20F2N4O/c17-12-4-5-15(18)14(7-12)16(23)9-21-6-2-1-3-13(21)8-22-11-19-10-20-22/h4-5,7,10-11,13,16,23H,1-3,6,8-9H2/t13-,16+/m1/s1. The van der Waals surface area contributed by atoms with Gasteiger partial charge < -0.3 is 5.11 Å². The van der Waals surface area contributed by atoms with Crippen LogP contribution in [-0.4, -0.2) is 43.9 Å². The van der Waals surface area contributed by atoms with Crippen LogP contribution in [0.3, 0.4) is 0 Å². The highest BCUT2D eigenvalue weighted by Gasteiger charge is 2.26. The van der Waals surface area contributed by atoms with E-state index in [1.165, 1.54) is 6.33 Å². The predicted octanol–water partition coefficient (Wildman–Crippen LogP) is 2.14. The van der Waals surface area contributed by atoms with Crippen molar-refractivity contribution in [1.82, 2.24) is 19.7 Å². The van der Waals surface area contributed by atoms with Crippen molar-refractivity contribution in [1.29, 1.82) is 0 Å². The molecular formula is C16H20F2N4O. The van der Waals surface area contributed by atoms with Gasteiger partial charge in [0.15, 0.2) is 0 Å². The fourth-order valence-electron chi connectivity index (χ4n) is 3.14. The van der Waals surface area contributed by atoms with Gasteiger partial charge in [0.05, 0.1) is 12.6 Å². The van der Waals surface area contributed by atoms with Crippen LogP contribution in [0, 0.1) is 11.6 Å². The molecule has 0 aliphatic carbocycles. The van der Waals surface area contributed by atoms with Gasteiger partial charge in [0, 0.05) is 18.2 Å². The van der Waals surface area contributed by atoms with Crippen molar-refractivity contribution in [3.63, 3.8) is 0 Å². The van der Waals surface area contributed by atoms with Crippen molar-refractivity contribution in [3.8, 4) is 0 Å². The van der Waals surface area contributed by atoms with Crippen molar-refractivity contribution in [2.45, 2.75) is 38.0 Å². The molecule has 1 aliphatic rings. The maximum absolute atomic E-state index is 13.8. The van der Waals surface area contributed by atoms with E-state index in [1.807, 2.05) is 0 Å². The van der Waals surface area contributed by atoms with Crippen LogP contribution in [0.15, 0.2) is 30.9 Å². The molecule has 0 saturated carbocycles. The highest BCUT2D eigenvalue weighted by molar-refractivity contribution is 5.21. The molecule has 1 N–H and O–H groups in total. The van der Waals surface area contributed by atoms with Crippen molar-refractivity contribution < 1.29 is 13.9 Å². The number of nitrogens with zero attached hydrogens (tertiary/aromatic N) is 4. The van der Waals surface area contributed by atoms with Gasteiger partial charge in [0.2, 0.25) is 0 Å². The molecule has 124 valence electrons. The molecule has 7 heteroatoms. The molecule has 1 saturated heterocycles. The first-order valence-electron chi connectivity index (χ1n) is 7.83. The lowest BCUT2D eigenvalue weighted by Gasteiger charge is -2.36. The van der Waals surface area contributed by atoms with Crippen LogP contribution in [0.4, 0.5) is 8.78 Å². The second kappa shape index (κ2) is 7.14. The summed E-state index contributed by atoms with van der Waals surface area (Å²) in [6.07, 6.45) is 5.23. The van der Waals surface area contributed by atoms with Crippen molar-refractivity contribution >= 4 is 0 Å². The fraction of sp³-hybridized carbons (Fsp3) is 0.500. The number of benzene rings is 1. The summed E-state index contributed by atoms with van der Waals surface area (Å²) in [5.41, 5.74) is 0.00933. The van der Waals surface area contributed by atoms with Gasteiger partial charge in [-0.1, -0.05) is 6.42 Å². The van der Waals surface area contributed by atoms with Crippen molar-refractivity contribution in [2.75, 3.05) is 13.1 Å². The SMILES string of the molecule is O[C@@H](CN1CCCC[C@@H]1Cn1cncn1)c1cc(F)ccc1F. The van der Waals surface area contributed by atoms with E-state index in [-0.39, 0.29) is 18.2 Å². The van der Waals surface area contributed by atoms with E-state index < -0.39 is 17.7 Å². The number of likely N-dealkylation sites (tertiary alicyclic amines) is 1. The van der Waals surface area contributed by atoms with Crippen molar-refractivity contribution in [2.24, 2.45) is 0 Å². The second-order valence-electron chi connectivity index (χ2n) is 5.94. The molecule has 3 rings (SSSR count). The van der Waals surface area contributed by atoms with E-state index >= 15 is 0 Å². The number of rotatable bonds is 5. The van der Waals surface area contributed by atoms with Crippen LogP contribution in [0.5, 0.6) is 0 Å². The second-order valence-corrected chi connectivity index (χ2v) is 5.94. The average molecular weight is 322 g/mol. The van der Waals surface area contributed by atoms with Crippen molar-refractivity contribution in [3.05, 3.63) is 48.1 Å². The first-order valence-corrected chi connectivity index (χ1v) is 7.83. The third-order valence-corrected chi connectivity index (χ3v) is 4.34. The molecule has 0 radical (unpaired) electrons. The Morgan fingerprint density at radius 1 is 1.30 bits per heavy atom. The molecular weight excluding hydrogens is 302 g/mol. The monoisotopic (exact) mass is 322 g/mol. The van der Waals surface area contributed by atoms with E-state index in [2.05, 4.69) is 15.0 Å². The van der Waals surface area contributed by atoms with Crippen LogP contribution < -0.4 is 0 Å². The van der Waals surface area contributed by atoms with Gasteiger partial charge in [0.25, 0.3) is 0 Å². The van der Waals surface area contributed by atoms with E-state index in [9.17, 15) is 13.9 Å². The Morgan fingerprint density at radius 3 is 2.96 bits per heavy atom. The summed E-state index contributed by atoms with van der Waals surface area (Å²) < 4.78 is 28.9. The maximum Gasteiger partial charge on any atom is 0.137 e. The fourth-order valence-corrected chi connectivity index (χ4v) is 3.14. The molecule has 0 unspecified atom stereocenters. The Kier molecular flexibility index (Phi) is 4.97. The van der Waals surface area contributed by atoms with Crippen LogP contribution in [0.2, 0.25) is 0 Å². The summed E-state index contributed by atoms with van der Waals surface area (Å²) in [6, 6.07) is 3.38. The lowest BCUT2D eigenvalue weighted by atomic mass is 10.00. The number of aliphatic hydroxyl groups is 1. The normalized spacial score (nSPS) is 20.6. The average Bonchev–Trinajstić information content (AvgIpc) is 3.04. The summed E-state index contributed by atoms with van der Waals surface area (Å²) in [5.74, 6) is -1.12. The Morgan fingerprint density at radius 2 is 2.17 bits per heavy atom. The quantitative estimate of drug-likeness (QED) is 0.916. The van der Waals surface area contributed by atoms with Gasteiger partial charge in [-0.25, -0.2) is 13.8 Å². The Bertz CT molecular complexity index is 635. The Hall–Kier alpha value is -1.86. The van der Waals surface area contributed by atoms with Crippen LogP contribution in [-0.2, 0) is 6.54 Å². The van der Waals surface area contributed by atoms with E-state index in [1.54, 1.807) is 11.0 Å². The topological polar surface area (TPSA) is 54.2 Å². The zero-order chi connectivity index (χ0) is 16.2. The number of halogens is 2. The smallest absolute Gasteiger partial charge is 0.137 e. The first kappa shape index (κ1) is 16.0. The molecule has 1 aromatic carbocycles. The Labute approximate surface area is 133 Å². The van der Waals surface area contributed by atoms with Crippen LogP contribution >= 0.6 is 0 Å². The molecule has 23 heavy (non-hydrogen) atoms. The summed E-state index contributed by atoms with van der Waals surface area (Å²) in [7, 11) is 0. The molecule has 5 nitrogen and oxygen atoms in total. The molecule has 1 aromatic heterocycles. The molecule has 2 heterocycles. The van der Waals surface area contributed by atoms with Gasteiger partial charge >= 0.3 is 0 Å².